The maximum absolute atomic E-state index is 10.7. The standard InChI is InChI=1S/C12H22O12/c13-1-3(15)10(7(18)8(19)11(21)22)24-12-9(20)6(17)5(16)4(2-14)23-12/h3-10,12-20H,1-2H2,(H,21,22)/t3?,4?,5-,6-,7?,8?,9?,10?,12-/m0/s1. The Bertz CT molecular complexity index is 403. The molecular weight excluding hydrogens is 336 g/mol. The van der Waals surface area contributed by atoms with Gasteiger partial charge in [0.15, 0.2) is 12.4 Å². The average molecular weight is 358 g/mol. The van der Waals surface area contributed by atoms with Crippen molar-refractivity contribution >= 4 is 5.97 Å². The van der Waals surface area contributed by atoms with Gasteiger partial charge in [0.2, 0.25) is 0 Å². The quantitative estimate of drug-likeness (QED) is 0.198. The topological polar surface area (TPSA) is 218 Å². The summed E-state index contributed by atoms with van der Waals surface area (Å²) in [6.45, 7) is -1.76. The summed E-state index contributed by atoms with van der Waals surface area (Å²) in [5.41, 5.74) is 0. The van der Waals surface area contributed by atoms with Crippen molar-refractivity contribution in [2.75, 3.05) is 13.2 Å². The third kappa shape index (κ3) is 4.58. The number of carbonyl (C=O) groups is 1. The van der Waals surface area contributed by atoms with Gasteiger partial charge >= 0.3 is 5.97 Å². The van der Waals surface area contributed by atoms with Crippen LogP contribution >= 0.6 is 0 Å². The summed E-state index contributed by atoms with van der Waals surface area (Å²) in [5, 5.41) is 84.5. The van der Waals surface area contributed by atoms with Crippen LogP contribution in [0.1, 0.15) is 0 Å². The molecule has 0 aliphatic carbocycles. The van der Waals surface area contributed by atoms with E-state index in [2.05, 4.69) is 0 Å². The Balaban J connectivity index is 2.94. The molecule has 9 N–H and O–H groups in total. The van der Waals surface area contributed by atoms with E-state index in [1.165, 1.54) is 0 Å². The van der Waals surface area contributed by atoms with Crippen molar-refractivity contribution in [1.82, 2.24) is 0 Å². The number of aliphatic hydroxyl groups is 8. The second-order valence-corrected chi connectivity index (χ2v) is 5.32. The molecule has 0 aromatic heterocycles. The van der Waals surface area contributed by atoms with Gasteiger partial charge in [-0.3, -0.25) is 0 Å². The zero-order chi connectivity index (χ0) is 18.6. The van der Waals surface area contributed by atoms with Crippen molar-refractivity contribution in [3.63, 3.8) is 0 Å². The van der Waals surface area contributed by atoms with Crippen LogP contribution in [0.25, 0.3) is 0 Å². The van der Waals surface area contributed by atoms with Crippen LogP contribution in [0.15, 0.2) is 0 Å². The third-order valence-corrected chi connectivity index (χ3v) is 3.62. The van der Waals surface area contributed by atoms with Gasteiger partial charge in [0, 0.05) is 0 Å². The van der Waals surface area contributed by atoms with Crippen LogP contribution in [0.5, 0.6) is 0 Å². The van der Waals surface area contributed by atoms with E-state index in [1.54, 1.807) is 0 Å². The Kier molecular flexibility index (Phi) is 7.88. The molecule has 0 amide bonds. The number of hydrogen-bond donors (Lipinski definition) is 9. The van der Waals surface area contributed by atoms with Gasteiger partial charge < -0.3 is 55.4 Å². The minimum absolute atomic E-state index is 0.766. The van der Waals surface area contributed by atoms with Crippen molar-refractivity contribution in [1.29, 1.82) is 0 Å². The highest BCUT2D eigenvalue weighted by Crippen LogP contribution is 2.24. The van der Waals surface area contributed by atoms with Crippen molar-refractivity contribution in [3.05, 3.63) is 0 Å². The van der Waals surface area contributed by atoms with Crippen LogP contribution in [-0.4, -0.2) is 120 Å². The Morgan fingerprint density at radius 3 is 2.08 bits per heavy atom. The van der Waals surface area contributed by atoms with Crippen LogP contribution in [0.4, 0.5) is 0 Å². The van der Waals surface area contributed by atoms with Gasteiger partial charge in [-0.2, -0.15) is 0 Å². The minimum Gasteiger partial charge on any atom is -0.479 e. The molecular formula is C12H22O12. The first-order chi connectivity index (χ1) is 11.1. The molecule has 0 aromatic rings. The lowest BCUT2D eigenvalue weighted by molar-refractivity contribution is -0.326. The van der Waals surface area contributed by atoms with Crippen LogP contribution in [0.3, 0.4) is 0 Å². The highest BCUT2D eigenvalue weighted by molar-refractivity contribution is 5.72. The predicted molar refractivity (Wildman–Crippen MR) is 71.4 cm³/mol. The molecule has 1 aliphatic rings. The lowest BCUT2D eigenvalue weighted by Gasteiger charge is -2.42. The zero-order valence-electron chi connectivity index (χ0n) is 12.4. The van der Waals surface area contributed by atoms with Crippen LogP contribution in [0, 0.1) is 0 Å². The number of carboxylic acid groups (broad SMARTS) is 1. The third-order valence-electron chi connectivity index (χ3n) is 3.62. The molecule has 0 bridgehead atoms. The van der Waals surface area contributed by atoms with Gasteiger partial charge in [-0.15, -0.1) is 0 Å². The zero-order valence-corrected chi connectivity index (χ0v) is 12.4. The number of rotatable bonds is 8. The second-order valence-electron chi connectivity index (χ2n) is 5.32. The smallest absolute Gasteiger partial charge is 0.335 e. The molecule has 6 unspecified atom stereocenters. The molecule has 1 heterocycles. The van der Waals surface area contributed by atoms with Crippen LogP contribution in [0.2, 0.25) is 0 Å². The van der Waals surface area contributed by atoms with E-state index in [1.807, 2.05) is 0 Å². The van der Waals surface area contributed by atoms with E-state index in [9.17, 15) is 35.4 Å². The van der Waals surface area contributed by atoms with Crippen molar-refractivity contribution < 1.29 is 60.2 Å². The van der Waals surface area contributed by atoms with E-state index in [0.717, 1.165) is 0 Å². The summed E-state index contributed by atoms with van der Waals surface area (Å²) in [7, 11) is 0. The largest absolute Gasteiger partial charge is 0.479 e. The maximum atomic E-state index is 10.7. The van der Waals surface area contributed by atoms with E-state index in [4.69, 9.17) is 24.8 Å². The number of hydrogen-bond acceptors (Lipinski definition) is 11. The molecule has 12 nitrogen and oxygen atoms in total. The summed E-state index contributed by atoms with van der Waals surface area (Å²) < 4.78 is 9.98. The molecule has 142 valence electrons. The predicted octanol–water partition coefficient (Wildman–Crippen LogP) is -5.67. The highest BCUT2D eigenvalue weighted by atomic mass is 16.7. The molecule has 0 saturated carbocycles. The van der Waals surface area contributed by atoms with Crippen LogP contribution < -0.4 is 0 Å². The first-order valence-corrected chi connectivity index (χ1v) is 6.99. The molecule has 1 fully saturated rings. The molecule has 1 aliphatic heterocycles. The number of aliphatic carboxylic acids is 1. The number of ether oxygens (including phenoxy) is 2. The van der Waals surface area contributed by atoms with E-state index in [0.29, 0.717) is 0 Å². The monoisotopic (exact) mass is 358 g/mol. The lowest BCUT2D eigenvalue weighted by atomic mass is 9.98. The number of aliphatic hydroxyl groups excluding tert-OH is 8. The summed E-state index contributed by atoms with van der Waals surface area (Å²) in [6, 6.07) is 0. The first kappa shape index (κ1) is 21.1. The molecule has 1 rings (SSSR count). The lowest BCUT2D eigenvalue weighted by Crippen LogP contribution is -2.61. The van der Waals surface area contributed by atoms with Gasteiger partial charge in [-0.1, -0.05) is 0 Å². The fourth-order valence-electron chi connectivity index (χ4n) is 2.16. The van der Waals surface area contributed by atoms with Gasteiger partial charge in [0.05, 0.1) is 13.2 Å². The van der Waals surface area contributed by atoms with Crippen molar-refractivity contribution in [2.45, 2.75) is 55.1 Å². The molecule has 1 saturated heterocycles. The SMILES string of the molecule is O=C(O)C(O)C(O)C(O[C@@H]1OC(CO)[C@H](O)[C@H](O)C1O)C(O)CO. The summed E-state index contributed by atoms with van der Waals surface area (Å²) in [5.74, 6) is -1.84. The summed E-state index contributed by atoms with van der Waals surface area (Å²) in [4.78, 5) is 10.7. The van der Waals surface area contributed by atoms with E-state index in [-0.39, 0.29) is 0 Å². The molecule has 0 spiro atoms. The Morgan fingerprint density at radius 2 is 1.62 bits per heavy atom. The van der Waals surface area contributed by atoms with Gasteiger partial charge in [0.25, 0.3) is 0 Å². The second kappa shape index (κ2) is 8.96. The molecule has 12 heteroatoms. The fourth-order valence-corrected chi connectivity index (χ4v) is 2.16. The normalized spacial score (nSPS) is 35.9. The Labute approximate surface area is 135 Å². The Hall–Kier alpha value is -0.930. The van der Waals surface area contributed by atoms with Gasteiger partial charge in [-0.05, 0) is 0 Å². The summed E-state index contributed by atoms with van der Waals surface area (Å²) >= 11 is 0. The van der Waals surface area contributed by atoms with Crippen molar-refractivity contribution in [2.24, 2.45) is 0 Å². The molecule has 24 heavy (non-hydrogen) atoms. The average Bonchev–Trinajstić information content (AvgIpc) is 2.57. The minimum atomic E-state index is -2.39. The fraction of sp³-hybridized carbons (Fsp3) is 0.917. The van der Waals surface area contributed by atoms with E-state index < -0.39 is 74.3 Å². The van der Waals surface area contributed by atoms with Gasteiger partial charge in [-0.25, -0.2) is 4.79 Å². The van der Waals surface area contributed by atoms with Crippen molar-refractivity contribution in [3.8, 4) is 0 Å². The van der Waals surface area contributed by atoms with E-state index >= 15 is 0 Å². The van der Waals surface area contributed by atoms with Gasteiger partial charge in [0.1, 0.15) is 42.7 Å². The summed E-state index contributed by atoms with van der Waals surface area (Å²) in [6.07, 6.45) is -16.9. The Morgan fingerprint density at radius 1 is 1.04 bits per heavy atom. The van der Waals surface area contributed by atoms with Crippen LogP contribution in [-0.2, 0) is 14.3 Å². The number of carboxylic acids is 1. The maximum Gasteiger partial charge on any atom is 0.335 e. The first-order valence-electron chi connectivity index (χ1n) is 6.99. The molecule has 0 aromatic carbocycles. The molecule has 9 atom stereocenters. The molecule has 0 radical (unpaired) electrons. The highest BCUT2D eigenvalue weighted by Gasteiger charge is 2.47.